The molecular weight excluding hydrogens is 544 g/mol. The Morgan fingerprint density at radius 2 is 1.49 bits per heavy atom. The molecule has 1 atom stereocenters. The largest absolute Gasteiger partial charge is 0.393 e. The van der Waals surface area contributed by atoms with Crippen molar-refractivity contribution in [3.05, 3.63) is 29.8 Å². The van der Waals surface area contributed by atoms with Crippen LogP contribution in [0.3, 0.4) is 0 Å². The molecular formula is C33H50N6O4. The van der Waals surface area contributed by atoms with E-state index in [9.17, 15) is 19.5 Å². The maximum atomic E-state index is 13.9. The lowest BCUT2D eigenvalue weighted by molar-refractivity contribution is -0.141. The number of nitrogens with one attached hydrogen (secondary N) is 2. The number of aliphatic hydroxyl groups excluding tert-OH is 1. The van der Waals surface area contributed by atoms with Gasteiger partial charge in [-0.1, -0.05) is 24.6 Å². The molecule has 4 heterocycles. The van der Waals surface area contributed by atoms with Crippen LogP contribution in [0.2, 0.25) is 0 Å². The van der Waals surface area contributed by atoms with Gasteiger partial charge in [-0.25, -0.2) is 4.79 Å². The first kappa shape index (κ1) is 30.3. The van der Waals surface area contributed by atoms with E-state index in [1.807, 2.05) is 39.0 Å². The van der Waals surface area contributed by atoms with Crippen LogP contribution < -0.4 is 10.6 Å². The summed E-state index contributed by atoms with van der Waals surface area (Å²) in [6.07, 6.45) is 10.4. The number of hydrogen-bond donors (Lipinski definition) is 3. The molecule has 0 radical (unpaired) electrons. The van der Waals surface area contributed by atoms with Gasteiger partial charge in [-0.3, -0.25) is 9.59 Å². The van der Waals surface area contributed by atoms with Crippen LogP contribution in [0, 0.1) is 0 Å². The van der Waals surface area contributed by atoms with E-state index in [0.717, 1.165) is 75.7 Å². The highest BCUT2D eigenvalue weighted by molar-refractivity contribution is 5.92. The molecule has 236 valence electrons. The van der Waals surface area contributed by atoms with Crippen LogP contribution in [0.5, 0.6) is 0 Å². The predicted molar refractivity (Wildman–Crippen MR) is 165 cm³/mol. The first-order chi connectivity index (χ1) is 20.9. The number of hydrogen-bond acceptors (Lipinski definition) is 6. The van der Waals surface area contributed by atoms with Gasteiger partial charge in [0.15, 0.2) is 0 Å². The number of fused-ring (bicyclic) bond motifs is 1. The Kier molecular flexibility index (Phi) is 9.84. The molecule has 10 nitrogen and oxygen atoms in total. The highest BCUT2D eigenvalue weighted by Gasteiger charge is 2.37. The monoisotopic (exact) mass is 594 g/mol. The second-order valence-corrected chi connectivity index (χ2v) is 13.4. The van der Waals surface area contributed by atoms with Crippen molar-refractivity contribution in [1.29, 1.82) is 0 Å². The highest BCUT2D eigenvalue weighted by atomic mass is 16.3. The van der Waals surface area contributed by atoms with Crippen LogP contribution in [-0.2, 0) is 16.1 Å². The Balaban J connectivity index is 1.04. The summed E-state index contributed by atoms with van der Waals surface area (Å²) in [6.45, 7) is 5.63. The summed E-state index contributed by atoms with van der Waals surface area (Å²) in [4.78, 5) is 48.8. The van der Waals surface area contributed by atoms with Crippen LogP contribution >= 0.6 is 0 Å². The summed E-state index contributed by atoms with van der Waals surface area (Å²) in [5, 5.41) is 16.6. The van der Waals surface area contributed by atoms with Crippen LogP contribution in [0.1, 0.15) is 82.6 Å². The lowest BCUT2D eigenvalue weighted by Crippen LogP contribution is -2.56. The van der Waals surface area contributed by atoms with E-state index in [-0.39, 0.29) is 42.5 Å². The third-order valence-electron chi connectivity index (χ3n) is 10.6. The zero-order chi connectivity index (χ0) is 29.8. The Labute approximate surface area is 256 Å². The predicted octanol–water partition coefficient (Wildman–Crippen LogP) is 3.15. The maximum Gasteiger partial charge on any atom is 0.322 e. The fourth-order valence-electron chi connectivity index (χ4n) is 7.95. The Morgan fingerprint density at radius 3 is 2.21 bits per heavy atom. The number of piperidine rings is 3. The van der Waals surface area contributed by atoms with E-state index in [4.69, 9.17) is 0 Å². The molecule has 4 fully saturated rings. The first-order valence-corrected chi connectivity index (χ1v) is 16.8. The number of carbonyl (C=O) groups is 3. The molecule has 1 aromatic carbocycles. The molecule has 5 aliphatic rings. The SMILES string of the molecule is O=C(CC(NC1CCC(O)CC1)C(=O)N1CCC(N2CCCCC2)CC1)N1CCC(N2Cc3ccccc3NC2=O)CC1. The fraction of sp³-hybridized carbons (Fsp3) is 0.727. The number of para-hydroxylation sites is 1. The lowest BCUT2D eigenvalue weighted by atomic mass is 9.92. The van der Waals surface area contributed by atoms with Gasteiger partial charge in [-0.05, 0) is 88.9 Å². The standard InChI is InChI=1S/C33H50N6O4/c40-28-10-8-25(9-11-28)34-30(32(42)38-20-12-26(13-21-38)36-16-4-1-5-17-36)22-31(41)37-18-14-27(15-19-37)39-23-24-6-2-3-7-29(24)35-33(39)43/h2-3,6-7,25-28,30,34,40H,1,4-5,8-23H2,(H,35,43). The number of amides is 4. The number of nitrogens with zero attached hydrogens (tertiary/aromatic N) is 4. The molecule has 0 aromatic heterocycles. The van der Waals surface area contributed by atoms with Gasteiger partial charge in [0, 0.05) is 56.5 Å². The number of urea groups is 1. The van der Waals surface area contributed by atoms with Crippen molar-refractivity contribution in [2.75, 3.05) is 44.6 Å². The molecule has 6 rings (SSSR count). The zero-order valence-corrected chi connectivity index (χ0v) is 25.6. The van der Waals surface area contributed by atoms with Gasteiger partial charge in [0.05, 0.1) is 18.6 Å². The summed E-state index contributed by atoms with van der Waals surface area (Å²) in [7, 11) is 0. The highest BCUT2D eigenvalue weighted by Crippen LogP contribution is 2.28. The minimum absolute atomic E-state index is 0.0109. The van der Waals surface area contributed by atoms with Gasteiger partial charge >= 0.3 is 6.03 Å². The molecule has 4 aliphatic heterocycles. The Hall–Kier alpha value is -2.69. The van der Waals surface area contributed by atoms with Gasteiger partial charge in [0.2, 0.25) is 11.8 Å². The zero-order valence-electron chi connectivity index (χ0n) is 25.6. The number of benzene rings is 1. The molecule has 43 heavy (non-hydrogen) atoms. The summed E-state index contributed by atoms with van der Waals surface area (Å²) in [5.74, 6) is 0.0619. The van der Waals surface area contributed by atoms with E-state index in [1.54, 1.807) is 0 Å². The van der Waals surface area contributed by atoms with Crippen molar-refractivity contribution in [3.63, 3.8) is 0 Å². The van der Waals surface area contributed by atoms with Crippen molar-refractivity contribution in [1.82, 2.24) is 24.9 Å². The minimum Gasteiger partial charge on any atom is -0.393 e. The number of anilines is 1. The number of aliphatic hydroxyl groups is 1. The lowest BCUT2D eigenvalue weighted by Gasteiger charge is -2.42. The smallest absolute Gasteiger partial charge is 0.322 e. The van der Waals surface area contributed by atoms with Crippen LogP contribution in [0.25, 0.3) is 0 Å². The van der Waals surface area contributed by atoms with Gasteiger partial charge < -0.3 is 35.3 Å². The molecule has 1 unspecified atom stereocenters. The summed E-state index contributed by atoms with van der Waals surface area (Å²) < 4.78 is 0. The molecule has 0 bridgehead atoms. The number of likely N-dealkylation sites (tertiary alicyclic amines) is 3. The minimum atomic E-state index is -0.540. The van der Waals surface area contributed by atoms with E-state index in [2.05, 4.69) is 15.5 Å². The molecule has 4 amide bonds. The molecule has 0 spiro atoms. The van der Waals surface area contributed by atoms with Crippen molar-refractivity contribution in [2.24, 2.45) is 0 Å². The van der Waals surface area contributed by atoms with E-state index in [0.29, 0.717) is 25.7 Å². The third-order valence-corrected chi connectivity index (χ3v) is 10.6. The fourth-order valence-corrected chi connectivity index (χ4v) is 7.95. The topological polar surface area (TPSA) is 108 Å². The molecule has 3 N–H and O–H groups in total. The average Bonchev–Trinajstić information content (AvgIpc) is 3.05. The van der Waals surface area contributed by atoms with Gasteiger partial charge in [0.1, 0.15) is 0 Å². The third kappa shape index (κ3) is 7.35. The number of carbonyl (C=O) groups excluding carboxylic acids is 3. The summed E-state index contributed by atoms with van der Waals surface area (Å²) in [5.41, 5.74) is 1.99. The Morgan fingerprint density at radius 1 is 0.837 bits per heavy atom. The summed E-state index contributed by atoms with van der Waals surface area (Å²) in [6, 6.07) is 8.09. The average molecular weight is 595 g/mol. The van der Waals surface area contributed by atoms with Crippen molar-refractivity contribution in [2.45, 2.75) is 114 Å². The maximum absolute atomic E-state index is 13.9. The first-order valence-electron chi connectivity index (χ1n) is 16.8. The summed E-state index contributed by atoms with van der Waals surface area (Å²) >= 11 is 0. The van der Waals surface area contributed by atoms with Crippen LogP contribution in [0.4, 0.5) is 10.5 Å². The van der Waals surface area contributed by atoms with E-state index in [1.165, 1.54) is 32.4 Å². The van der Waals surface area contributed by atoms with Gasteiger partial charge in [-0.15, -0.1) is 0 Å². The Bertz CT molecular complexity index is 1120. The molecule has 1 aromatic rings. The molecule has 1 saturated carbocycles. The molecule has 10 heteroatoms. The van der Waals surface area contributed by atoms with Gasteiger partial charge in [0.25, 0.3) is 0 Å². The van der Waals surface area contributed by atoms with Crippen molar-refractivity contribution < 1.29 is 19.5 Å². The van der Waals surface area contributed by atoms with E-state index >= 15 is 0 Å². The second-order valence-electron chi connectivity index (χ2n) is 13.4. The van der Waals surface area contributed by atoms with Crippen LogP contribution in [-0.4, -0.2) is 112 Å². The molecule has 1 aliphatic carbocycles. The van der Waals surface area contributed by atoms with E-state index < -0.39 is 6.04 Å². The van der Waals surface area contributed by atoms with Crippen molar-refractivity contribution in [3.8, 4) is 0 Å². The normalized spacial score (nSPS) is 27.0. The quantitative estimate of drug-likeness (QED) is 0.448. The second kappa shape index (κ2) is 13.9. The van der Waals surface area contributed by atoms with Crippen molar-refractivity contribution >= 4 is 23.5 Å². The number of rotatable bonds is 7. The van der Waals surface area contributed by atoms with Gasteiger partial charge in [-0.2, -0.15) is 0 Å². The van der Waals surface area contributed by atoms with Crippen LogP contribution in [0.15, 0.2) is 24.3 Å². The molecule has 3 saturated heterocycles.